The summed E-state index contributed by atoms with van der Waals surface area (Å²) in [4.78, 5) is 11.8. The summed E-state index contributed by atoms with van der Waals surface area (Å²) in [5, 5.41) is 7.19. The third-order valence-corrected chi connectivity index (χ3v) is 3.06. The van der Waals surface area contributed by atoms with Crippen molar-refractivity contribution in [3.8, 4) is 0 Å². The van der Waals surface area contributed by atoms with E-state index in [-0.39, 0.29) is 5.91 Å². The zero-order chi connectivity index (χ0) is 14.5. The quantitative estimate of drug-likeness (QED) is 0.848. The lowest BCUT2D eigenvalue weighted by molar-refractivity contribution is 0.0958. The number of carbonyl (C=O) groups excluding carboxylic acids is 1. The molecule has 0 fully saturated rings. The number of hydrogen-bond donors (Lipinski definition) is 1. The normalized spacial score (nSPS) is 10.3. The highest BCUT2D eigenvalue weighted by atomic mass is 16.1. The van der Waals surface area contributed by atoms with E-state index >= 15 is 0 Å². The Labute approximate surface area is 119 Å². The molecule has 0 bridgehead atoms. The Balaban J connectivity index is 2.06. The molecule has 1 N–H and O–H groups in total. The number of carbonyl (C=O) groups is 1. The van der Waals surface area contributed by atoms with Crippen LogP contribution in [0.4, 0.5) is 0 Å². The largest absolute Gasteiger partial charge is 0.349 e. The second-order valence-electron chi connectivity index (χ2n) is 4.78. The molecule has 0 aliphatic heterocycles. The molecule has 20 heavy (non-hydrogen) atoms. The summed E-state index contributed by atoms with van der Waals surface area (Å²) in [6.45, 7) is 8.79. The molecule has 0 aliphatic carbocycles. The highest BCUT2D eigenvalue weighted by Crippen LogP contribution is 2.09. The van der Waals surface area contributed by atoms with Crippen molar-refractivity contribution in [3.05, 3.63) is 65.5 Å². The van der Waals surface area contributed by atoms with Gasteiger partial charge in [0.05, 0.1) is 12.2 Å². The van der Waals surface area contributed by atoms with Gasteiger partial charge in [0.25, 0.3) is 5.91 Å². The van der Waals surface area contributed by atoms with Gasteiger partial charge in [-0.3, -0.25) is 9.48 Å². The lowest BCUT2D eigenvalue weighted by Gasteiger charge is -2.06. The fourth-order valence-electron chi connectivity index (χ4n) is 2.04. The maximum absolute atomic E-state index is 11.8. The minimum Gasteiger partial charge on any atom is -0.349 e. The van der Waals surface area contributed by atoms with E-state index in [1.165, 1.54) is 0 Å². The van der Waals surface area contributed by atoms with Crippen LogP contribution in [0, 0.1) is 13.8 Å². The predicted molar refractivity (Wildman–Crippen MR) is 79.8 cm³/mol. The first-order valence-electron chi connectivity index (χ1n) is 6.59. The van der Waals surface area contributed by atoms with Crippen LogP contribution in [0.15, 0.2) is 43.0 Å². The van der Waals surface area contributed by atoms with Crippen LogP contribution in [0.5, 0.6) is 0 Å². The van der Waals surface area contributed by atoms with Crippen LogP contribution in [0.25, 0.3) is 0 Å². The molecule has 0 atom stereocenters. The molecule has 4 nitrogen and oxygen atoms in total. The lowest BCUT2D eigenvalue weighted by Crippen LogP contribution is -2.23. The van der Waals surface area contributed by atoms with E-state index in [4.69, 9.17) is 0 Å². The summed E-state index contributed by atoms with van der Waals surface area (Å²) in [5.41, 5.74) is 3.93. The van der Waals surface area contributed by atoms with Crippen molar-refractivity contribution in [2.45, 2.75) is 20.4 Å². The maximum atomic E-state index is 11.8. The number of nitrogens with one attached hydrogen (secondary N) is 1. The predicted octanol–water partition coefficient (Wildman–Crippen LogP) is 2.46. The Morgan fingerprint density at radius 2 is 2.05 bits per heavy atom. The number of aromatic nitrogens is 2. The molecule has 0 aliphatic rings. The standard InChI is InChI=1S/C16H19N3O/c1-4-9-17-16(20)15-7-5-14(6-8-15)11-19-13(3)10-12(2)18-19/h4-8,10H,1,9,11H2,2-3H3,(H,17,20). The summed E-state index contributed by atoms with van der Waals surface area (Å²) in [5.74, 6) is -0.0810. The average Bonchev–Trinajstić information content (AvgIpc) is 2.75. The van der Waals surface area contributed by atoms with Crippen LogP contribution in [0.1, 0.15) is 27.3 Å². The van der Waals surface area contributed by atoms with Gasteiger partial charge in [0.15, 0.2) is 0 Å². The Morgan fingerprint density at radius 3 is 2.60 bits per heavy atom. The molecule has 1 heterocycles. The monoisotopic (exact) mass is 269 g/mol. The molecular formula is C16H19N3O. The van der Waals surface area contributed by atoms with Crippen LogP contribution in [-0.4, -0.2) is 22.2 Å². The van der Waals surface area contributed by atoms with Crippen LogP contribution in [0.2, 0.25) is 0 Å². The Hall–Kier alpha value is -2.36. The molecule has 1 aromatic heterocycles. The summed E-state index contributed by atoms with van der Waals surface area (Å²) < 4.78 is 1.96. The SMILES string of the molecule is C=CCNC(=O)c1ccc(Cn2nc(C)cc2C)cc1. The van der Waals surface area contributed by atoms with Gasteiger partial charge in [-0.1, -0.05) is 18.2 Å². The fourth-order valence-corrected chi connectivity index (χ4v) is 2.04. The van der Waals surface area contributed by atoms with Crippen molar-refractivity contribution < 1.29 is 4.79 Å². The van der Waals surface area contributed by atoms with E-state index in [0.29, 0.717) is 18.7 Å². The first kappa shape index (κ1) is 14.1. The van der Waals surface area contributed by atoms with Crippen molar-refractivity contribution in [2.75, 3.05) is 6.54 Å². The lowest BCUT2D eigenvalue weighted by atomic mass is 10.1. The number of hydrogen-bond acceptors (Lipinski definition) is 2. The van der Waals surface area contributed by atoms with Crippen molar-refractivity contribution in [3.63, 3.8) is 0 Å². The first-order chi connectivity index (χ1) is 9.60. The zero-order valence-corrected chi connectivity index (χ0v) is 11.9. The second kappa shape index (κ2) is 6.19. The molecule has 0 spiro atoms. The molecule has 4 heteroatoms. The third-order valence-electron chi connectivity index (χ3n) is 3.06. The van der Waals surface area contributed by atoms with Crippen LogP contribution >= 0.6 is 0 Å². The minimum atomic E-state index is -0.0810. The maximum Gasteiger partial charge on any atom is 0.251 e. The highest BCUT2D eigenvalue weighted by molar-refractivity contribution is 5.94. The fraction of sp³-hybridized carbons (Fsp3) is 0.250. The number of rotatable bonds is 5. The van der Waals surface area contributed by atoms with Crippen LogP contribution in [-0.2, 0) is 6.54 Å². The van der Waals surface area contributed by atoms with Gasteiger partial charge in [-0.25, -0.2) is 0 Å². The highest BCUT2D eigenvalue weighted by Gasteiger charge is 2.05. The molecule has 1 aromatic carbocycles. The second-order valence-corrected chi connectivity index (χ2v) is 4.78. The molecular weight excluding hydrogens is 250 g/mol. The van der Waals surface area contributed by atoms with Gasteiger partial charge in [-0.2, -0.15) is 5.10 Å². The summed E-state index contributed by atoms with van der Waals surface area (Å²) in [6.07, 6.45) is 1.66. The van der Waals surface area contributed by atoms with Gasteiger partial charge in [0.1, 0.15) is 0 Å². The van der Waals surface area contributed by atoms with E-state index in [2.05, 4.69) is 23.1 Å². The van der Waals surface area contributed by atoms with Gasteiger partial charge in [0, 0.05) is 17.8 Å². The van der Waals surface area contributed by atoms with Crippen molar-refractivity contribution in [1.82, 2.24) is 15.1 Å². The Kier molecular flexibility index (Phi) is 4.35. The number of benzene rings is 1. The molecule has 0 saturated heterocycles. The van der Waals surface area contributed by atoms with E-state index in [9.17, 15) is 4.79 Å². The van der Waals surface area contributed by atoms with Crippen molar-refractivity contribution in [2.24, 2.45) is 0 Å². The molecule has 2 aromatic rings. The molecule has 2 rings (SSSR count). The van der Waals surface area contributed by atoms with Gasteiger partial charge < -0.3 is 5.32 Å². The topological polar surface area (TPSA) is 46.9 Å². The minimum absolute atomic E-state index is 0.0810. The van der Waals surface area contributed by atoms with Gasteiger partial charge in [0.2, 0.25) is 0 Å². The van der Waals surface area contributed by atoms with Gasteiger partial charge >= 0.3 is 0 Å². The van der Waals surface area contributed by atoms with E-state index in [1.54, 1.807) is 6.08 Å². The van der Waals surface area contributed by atoms with Crippen molar-refractivity contribution >= 4 is 5.91 Å². The molecule has 0 radical (unpaired) electrons. The van der Waals surface area contributed by atoms with Crippen LogP contribution < -0.4 is 5.32 Å². The molecule has 1 amide bonds. The Bertz CT molecular complexity index is 611. The van der Waals surface area contributed by atoms with E-state index in [0.717, 1.165) is 17.0 Å². The number of nitrogens with zero attached hydrogens (tertiary/aromatic N) is 2. The summed E-state index contributed by atoms with van der Waals surface area (Å²) in [6, 6.07) is 9.63. The van der Waals surface area contributed by atoms with E-state index < -0.39 is 0 Å². The van der Waals surface area contributed by atoms with Gasteiger partial charge in [-0.15, -0.1) is 6.58 Å². The molecule has 0 unspecified atom stereocenters. The summed E-state index contributed by atoms with van der Waals surface area (Å²) >= 11 is 0. The van der Waals surface area contributed by atoms with Gasteiger partial charge in [-0.05, 0) is 37.6 Å². The summed E-state index contributed by atoms with van der Waals surface area (Å²) in [7, 11) is 0. The Morgan fingerprint density at radius 1 is 1.35 bits per heavy atom. The molecule has 0 saturated carbocycles. The third kappa shape index (κ3) is 3.35. The number of aryl methyl sites for hydroxylation is 2. The van der Waals surface area contributed by atoms with E-state index in [1.807, 2.05) is 42.8 Å². The first-order valence-corrected chi connectivity index (χ1v) is 6.59. The van der Waals surface area contributed by atoms with Crippen LogP contribution in [0.3, 0.4) is 0 Å². The zero-order valence-electron chi connectivity index (χ0n) is 11.9. The molecule has 104 valence electrons. The van der Waals surface area contributed by atoms with Crippen molar-refractivity contribution in [1.29, 1.82) is 0 Å². The average molecular weight is 269 g/mol. The smallest absolute Gasteiger partial charge is 0.251 e. The number of amides is 1.